The maximum absolute atomic E-state index is 12.8. The second-order valence-electron chi connectivity index (χ2n) is 9.53. The average molecular weight is 484 g/mol. The Hall–Kier alpha value is -1.67. The molecular weight excluding hydrogens is 430 g/mol. The molecule has 0 heterocycles. The van der Waals surface area contributed by atoms with E-state index >= 15 is 0 Å². The van der Waals surface area contributed by atoms with Crippen LogP contribution in [0.15, 0.2) is 0 Å². The van der Waals surface area contributed by atoms with Crippen LogP contribution in [-0.4, -0.2) is 60.9 Å². The highest BCUT2D eigenvalue weighted by atomic mass is 16.2. The molecule has 0 aromatic heterocycles. The number of hydrogen-bond donors (Lipinski definition) is 4. The second-order valence-corrected chi connectivity index (χ2v) is 9.53. The fourth-order valence-corrected chi connectivity index (χ4v) is 3.74. The normalized spacial score (nSPS) is 12.7. The summed E-state index contributed by atoms with van der Waals surface area (Å²) in [6.45, 7) is 7.68. The fourth-order valence-electron chi connectivity index (χ4n) is 3.74. The predicted molar refractivity (Wildman–Crippen MR) is 140 cm³/mol. The smallest absolute Gasteiger partial charge is 0.236 e. The fraction of sp³-hybridized carbons (Fsp3) is 0.885. The van der Waals surface area contributed by atoms with Crippen molar-refractivity contribution in [2.75, 3.05) is 26.2 Å². The van der Waals surface area contributed by atoms with Crippen molar-refractivity contribution in [3.8, 4) is 0 Å². The summed E-state index contributed by atoms with van der Waals surface area (Å²) in [5, 5.41) is 5.58. The lowest BCUT2D eigenvalue weighted by Crippen LogP contribution is -2.41. The van der Waals surface area contributed by atoms with E-state index in [4.69, 9.17) is 11.5 Å². The van der Waals surface area contributed by atoms with Crippen LogP contribution in [0.1, 0.15) is 111 Å². The van der Waals surface area contributed by atoms with Crippen molar-refractivity contribution < 1.29 is 14.4 Å². The van der Waals surface area contributed by atoms with Gasteiger partial charge in [-0.25, -0.2) is 0 Å². The van der Waals surface area contributed by atoms with Crippen molar-refractivity contribution in [3.63, 3.8) is 0 Å². The molecule has 6 N–H and O–H groups in total. The van der Waals surface area contributed by atoms with E-state index in [1.165, 1.54) is 57.8 Å². The van der Waals surface area contributed by atoms with Gasteiger partial charge in [-0.2, -0.15) is 0 Å². The van der Waals surface area contributed by atoms with E-state index in [-0.39, 0.29) is 17.7 Å². The van der Waals surface area contributed by atoms with Gasteiger partial charge in [0.1, 0.15) is 0 Å². The van der Waals surface area contributed by atoms with E-state index in [1.807, 2.05) is 4.90 Å². The zero-order valence-electron chi connectivity index (χ0n) is 22.2. The highest BCUT2D eigenvalue weighted by Gasteiger charge is 2.14. The lowest BCUT2D eigenvalue weighted by atomic mass is 10.1. The number of unbranched alkanes of at least 4 members (excludes halogenated alkanes) is 10. The average Bonchev–Trinajstić information content (AvgIpc) is 2.80. The van der Waals surface area contributed by atoms with E-state index in [2.05, 4.69) is 17.6 Å². The van der Waals surface area contributed by atoms with Crippen molar-refractivity contribution >= 4 is 17.7 Å². The van der Waals surface area contributed by atoms with Gasteiger partial charge in [-0.3, -0.25) is 14.4 Å². The van der Waals surface area contributed by atoms with Gasteiger partial charge in [0, 0.05) is 32.6 Å². The van der Waals surface area contributed by atoms with Gasteiger partial charge >= 0.3 is 0 Å². The Kier molecular flexibility index (Phi) is 20.8. The molecule has 0 aliphatic rings. The molecule has 0 aliphatic heterocycles. The molecule has 0 unspecified atom stereocenters. The number of carbonyl (C=O) groups is 3. The number of amides is 3. The molecule has 8 heteroatoms. The van der Waals surface area contributed by atoms with Crippen LogP contribution >= 0.6 is 0 Å². The monoisotopic (exact) mass is 483 g/mol. The summed E-state index contributed by atoms with van der Waals surface area (Å²) in [5.74, 6) is -0.220. The Balaban J connectivity index is 4.18. The molecule has 200 valence electrons. The minimum Gasteiger partial charge on any atom is -0.355 e. The predicted octanol–water partition coefficient (Wildman–Crippen LogP) is 3.22. The van der Waals surface area contributed by atoms with Crippen LogP contribution in [0.2, 0.25) is 0 Å². The third-order valence-corrected chi connectivity index (χ3v) is 5.98. The number of nitrogens with one attached hydrogen (secondary N) is 2. The molecule has 0 aliphatic carbocycles. The van der Waals surface area contributed by atoms with E-state index in [1.54, 1.807) is 13.8 Å². The molecule has 0 fully saturated rings. The van der Waals surface area contributed by atoms with Gasteiger partial charge in [0.25, 0.3) is 0 Å². The Morgan fingerprint density at radius 1 is 0.647 bits per heavy atom. The lowest BCUT2D eigenvalue weighted by molar-refractivity contribution is -0.131. The van der Waals surface area contributed by atoms with Gasteiger partial charge in [-0.1, -0.05) is 71.1 Å². The first-order valence-electron chi connectivity index (χ1n) is 13.6. The summed E-state index contributed by atoms with van der Waals surface area (Å²) in [4.78, 5) is 37.9. The number of nitrogens with two attached hydrogens (primary N) is 2. The standard InChI is InChI=1S/C26H53N5O3/c1-4-5-6-7-8-9-10-11-12-13-14-17-24(32)31(20-15-18-29-25(33)22(2)27)21-16-19-30-26(34)23(3)28/h22-23H,4-21,27-28H2,1-3H3,(H,29,33)(H,30,34)/t22-,23-/m0/s1. The first kappa shape index (κ1) is 32.3. The molecule has 3 amide bonds. The zero-order chi connectivity index (χ0) is 25.6. The quantitative estimate of drug-likeness (QED) is 0.176. The molecule has 0 aromatic rings. The van der Waals surface area contributed by atoms with Crippen molar-refractivity contribution in [1.29, 1.82) is 0 Å². The summed E-state index contributed by atoms with van der Waals surface area (Å²) in [6, 6.07) is -1.07. The molecule has 0 radical (unpaired) electrons. The Morgan fingerprint density at radius 2 is 1.03 bits per heavy atom. The first-order chi connectivity index (χ1) is 16.3. The Bertz CT molecular complexity index is 513. The molecular formula is C26H53N5O3. The maximum atomic E-state index is 12.8. The van der Waals surface area contributed by atoms with Crippen molar-refractivity contribution in [1.82, 2.24) is 15.5 Å². The van der Waals surface area contributed by atoms with Crippen LogP contribution < -0.4 is 22.1 Å². The first-order valence-corrected chi connectivity index (χ1v) is 13.6. The van der Waals surface area contributed by atoms with E-state index in [0.29, 0.717) is 45.4 Å². The largest absolute Gasteiger partial charge is 0.355 e. The summed E-state index contributed by atoms with van der Waals surface area (Å²) in [5.41, 5.74) is 11.1. The van der Waals surface area contributed by atoms with Crippen LogP contribution in [-0.2, 0) is 14.4 Å². The summed E-state index contributed by atoms with van der Waals surface area (Å²) in [7, 11) is 0. The number of hydrogen-bond acceptors (Lipinski definition) is 5. The van der Waals surface area contributed by atoms with Gasteiger partial charge in [0.2, 0.25) is 17.7 Å². The molecule has 0 saturated heterocycles. The van der Waals surface area contributed by atoms with Crippen LogP contribution in [0.4, 0.5) is 0 Å². The van der Waals surface area contributed by atoms with E-state index < -0.39 is 12.1 Å². The summed E-state index contributed by atoms with van der Waals surface area (Å²) < 4.78 is 0. The van der Waals surface area contributed by atoms with Crippen molar-refractivity contribution in [2.24, 2.45) is 11.5 Å². The third-order valence-electron chi connectivity index (χ3n) is 5.98. The number of nitrogens with zero attached hydrogens (tertiary/aromatic N) is 1. The summed E-state index contributed by atoms with van der Waals surface area (Å²) >= 11 is 0. The zero-order valence-corrected chi connectivity index (χ0v) is 22.2. The Labute approximate surface area is 208 Å². The van der Waals surface area contributed by atoms with Crippen LogP contribution in [0.25, 0.3) is 0 Å². The van der Waals surface area contributed by atoms with E-state index in [0.717, 1.165) is 12.8 Å². The molecule has 2 atom stereocenters. The number of carbonyl (C=O) groups excluding carboxylic acids is 3. The van der Waals surface area contributed by atoms with Crippen LogP contribution in [0.5, 0.6) is 0 Å². The minimum atomic E-state index is -0.535. The molecule has 0 bridgehead atoms. The molecule has 0 rings (SSSR count). The molecule has 0 spiro atoms. The second kappa shape index (κ2) is 21.8. The number of rotatable bonds is 22. The highest BCUT2D eigenvalue weighted by Crippen LogP contribution is 2.12. The van der Waals surface area contributed by atoms with Gasteiger partial charge in [-0.15, -0.1) is 0 Å². The van der Waals surface area contributed by atoms with Crippen molar-refractivity contribution in [3.05, 3.63) is 0 Å². The lowest BCUT2D eigenvalue weighted by Gasteiger charge is -2.23. The van der Waals surface area contributed by atoms with E-state index in [9.17, 15) is 14.4 Å². The van der Waals surface area contributed by atoms with Crippen LogP contribution in [0, 0.1) is 0 Å². The van der Waals surface area contributed by atoms with Gasteiger partial charge in [-0.05, 0) is 33.1 Å². The molecule has 0 aromatic carbocycles. The molecule has 8 nitrogen and oxygen atoms in total. The molecule has 0 saturated carbocycles. The van der Waals surface area contributed by atoms with Crippen LogP contribution in [0.3, 0.4) is 0 Å². The summed E-state index contributed by atoms with van der Waals surface area (Å²) in [6.07, 6.45) is 15.7. The topological polar surface area (TPSA) is 131 Å². The molecule has 34 heavy (non-hydrogen) atoms. The van der Waals surface area contributed by atoms with Gasteiger partial charge < -0.3 is 27.0 Å². The van der Waals surface area contributed by atoms with Crippen molar-refractivity contribution in [2.45, 2.75) is 123 Å². The highest BCUT2D eigenvalue weighted by molar-refractivity contribution is 5.81. The van der Waals surface area contributed by atoms with Gasteiger partial charge in [0.15, 0.2) is 0 Å². The maximum Gasteiger partial charge on any atom is 0.236 e. The Morgan fingerprint density at radius 3 is 1.41 bits per heavy atom. The third kappa shape index (κ3) is 18.7. The minimum absolute atomic E-state index is 0.146. The SMILES string of the molecule is CCCCCCCCCCCCCC(=O)N(CCCNC(=O)[C@H](C)N)CCCNC(=O)[C@H](C)N. The van der Waals surface area contributed by atoms with Gasteiger partial charge in [0.05, 0.1) is 12.1 Å².